The van der Waals surface area contributed by atoms with Gasteiger partial charge in [0.05, 0.1) is 19.3 Å². The highest BCUT2D eigenvalue weighted by atomic mass is 16.6. The van der Waals surface area contributed by atoms with E-state index in [4.69, 9.17) is 9.47 Å². The van der Waals surface area contributed by atoms with Gasteiger partial charge >= 0.3 is 0 Å². The number of ether oxygens (including phenoxy) is 2. The number of hydrogen-bond donors (Lipinski definition) is 0. The molecule has 1 aliphatic heterocycles. The van der Waals surface area contributed by atoms with E-state index in [0.29, 0.717) is 6.10 Å². The SMILES string of the molecule is CCC(C)CCc1ccc(C(C)(c2ccc(CCC3CO3)cc2)c2ccc(C(C)(C)c3ccc(OCC4CC4)cc3)cc2)cc1. The van der Waals surface area contributed by atoms with Gasteiger partial charge in [0.1, 0.15) is 5.75 Å². The second-order valence-electron chi connectivity index (χ2n) is 14.5. The second kappa shape index (κ2) is 13.6. The number of hydrogen-bond acceptors (Lipinski definition) is 2. The molecule has 0 spiro atoms. The summed E-state index contributed by atoms with van der Waals surface area (Å²) in [7, 11) is 0. The van der Waals surface area contributed by atoms with E-state index in [-0.39, 0.29) is 10.8 Å². The van der Waals surface area contributed by atoms with Crippen LogP contribution in [0, 0.1) is 11.8 Å². The Morgan fingerprint density at radius 1 is 0.689 bits per heavy atom. The molecule has 0 aromatic heterocycles. The van der Waals surface area contributed by atoms with Gasteiger partial charge in [0.15, 0.2) is 0 Å². The first-order chi connectivity index (χ1) is 21.8. The quantitative estimate of drug-likeness (QED) is 0.100. The molecule has 6 rings (SSSR count). The topological polar surface area (TPSA) is 21.8 Å². The molecule has 1 aliphatic carbocycles. The molecule has 45 heavy (non-hydrogen) atoms. The van der Waals surface area contributed by atoms with Crippen LogP contribution in [0.5, 0.6) is 5.75 Å². The molecule has 4 aromatic rings. The van der Waals surface area contributed by atoms with Crippen molar-refractivity contribution in [2.75, 3.05) is 13.2 Å². The van der Waals surface area contributed by atoms with Crippen LogP contribution in [0.2, 0.25) is 0 Å². The van der Waals surface area contributed by atoms with Gasteiger partial charge in [-0.3, -0.25) is 0 Å². The van der Waals surface area contributed by atoms with Crippen LogP contribution in [-0.2, 0) is 28.4 Å². The van der Waals surface area contributed by atoms with Gasteiger partial charge in [0, 0.05) is 10.8 Å². The lowest BCUT2D eigenvalue weighted by atomic mass is 9.69. The van der Waals surface area contributed by atoms with Crippen LogP contribution >= 0.6 is 0 Å². The van der Waals surface area contributed by atoms with Crippen molar-refractivity contribution in [3.8, 4) is 5.75 Å². The minimum absolute atomic E-state index is 0.117. The van der Waals surface area contributed by atoms with Gasteiger partial charge in [-0.05, 0) is 108 Å². The fourth-order valence-corrected chi connectivity index (χ4v) is 6.54. The van der Waals surface area contributed by atoms with Crippen LogP contribution in [0.4, 0.5) is 0 Å². The van der Waals surface area contributed by atoms with Gasteiger partial charge in [0.2, 0.25) is 0 Å². The van der Waals surface area contributed by atoms with E-state index in [1.807, 2.05) is 0 Å². The zero-order valence-corrected chi connectivity index (χ0v) is 28.2. The molecule has 1 heterocycles. The molecule has 2 aliphatic rings. The Kier molecular flexibility index (Phi) is 9.52. The smallest absolute Gasteiger partial charge is 0.119 e. The van der Waals surface area contributed by atoms with Crippen LogP contribution in [0.15, 0.2) is 97.1 Å². The predicted molar refractivity (Wildman–Crippen MR) is 188 cm³/mol. The van der Waals surface area contributed by atoms with Crippen molar-refractivity contribution in [1.29, 1.82) is 0 Å². The average molecular weight is 601 g/mol. The molecule has 2 nitrogen and oxygen atoms in total. The van der Waals surface area contributed by atoms with E-state index in [1.54, 1.807) is 0 Å². The van der Waals surface area contributed by atoms with E-state index in [2.05, 4.69) is 132 Å². The lowest BCUT2D eigenvalue weighted by molar-refractivity contribution is 0.299. The molecule has 0 amide bonds. The zero-order valence-electron chi connectivity index (χ0n) is 28.2. The van der Waals surface area contributed by atoms with Crippen molar-refractivity contribution in [2.24, 2.45) is 11.8 Å². The molecule has 0 bridgehead atoms. The van der Waals surface area contributed by atoms with Gasteiger partial charge in [-0.25, -0.2) is 0 Å². The maximum Gasteiger partial charge on any atom is 0.119 e. The summed E-state index contributed by atoms with van der Waals surface area (Å²) in [5.74, 6) is 2.50. The van der Waals surface area contributed by atoms with Crippen LogP contribution in [-0.4, -0.2) is 19.3 Å². The summed E-state index contributed by atoms with van der Waals surface area (Å²) < 4.78 is 11.5. The summed E-state index contributed by atoms with van der Waals surface area (Å²) in [6.07, 6.45) is 8.90. The summed E-state index contributed by atoms with van der Waals surface area (Å²) in [5, 5.41) is 0. The molecule has 0 N–H and O–H groups in total. The zero-order chi connectivity index (χ0) is 31.4. The van der Waals surface area contributed by atoms with Crippen LogP contribution < -0.4 is 4.74 Å². The van der Waals surface area contributed by atoms with E-state index < -0.39 is 0 Å². The Balaban J connectivity index is 1.26. The molecule has 3 unspecified atom stereocenters. The summed E-state index contributed by atoms with van der Waals surface area (Å²) in [5.41, 5.74) is 9.04. The molecule has 236 valence electrons. The lowest BCUT2D eigenvalue weighted by Gasteiger charge is -2.33. The number of rotatable bonds is 15. The van der Waals surface area contributed by atoms with Gasteiger partial charge in [0.25, 0.3) is 0 Å². The highest BCUT2D eigenvalue weighted by Gasteiger charge is 2.32. The normalized spacial score (nSPS) is 18.3. The van der Waals surface area contributed by atoms with Crippen molar-refractivity contribution >= 4 is 0 Å². The third-order valence-electron chi connectivity index (χ3n) is 10.8. The van der Waals surface area contributed by atoms with Gasteiger partial charge < -0.3 is 9.47 Å². The second-order valence-corrected chi connectivity index (χ2v) is 14.5. The maximum atomic E-state index is 6.01. The van der Waals surface area contributed by atoms with Gasteiger partial charge in [-0.2, -0.15) is 0 Å². The first kappa shape index (κ1) is 31.6. The number of benzene rings is 4. The summed E-state index contributed by atoms with van der Waals surface area (Å²) in [6.45, 7) is 13.5. The molecule has 2 fully saturated rings. The van der Waals surface area contributed by atoms with E-state index in [1.165, 1.54) is 64.6 Å². The summed E-state index contributed by atoms with van der Waals surface area (Å²) >= 11 is 0. The van der Waals surface area contributed by atoms with E-state index >= 15 is 0 Å². The Hall–Kier alpha value is -3.36. The molecule has 0 radical (unpaired) electrons. The van der Waals surface area contributed by atoms with Crippen molar-refractivity contribution in [3.63, 3.8) is 0 Å². The third-order valence-corrected chi connectivity index (χ3v) is 10.8. The van der Waals surface area contributed by atoms with Crippen molar-refractivity contribution in [3.05, 3.63) is 136 Å². The highest BCUT2D eigenvalue weighted by molar-refractivity contribution is 5.52. The Labute approximate surface area is 272 Å². The number of aryl methyl sites for hydroxylation is 2. The predicted octanol–water partition coefficient (Wildman–Crippen LogP) is 10.5. The van der Waals surface area contributed by atoms with Gasteiger partial charge in [-0.1, -0.05) is 119 Å². The summed E-state index contributed by atoms with van der Waals surface area (Å²) in [6, 6.07) is 37.0. The molecule has 2 heteroatoms. The van der Waals surface area contributed by atoms with Crippen molar-refractivity contribution in [1.82, 2.24) is 0 Å². The van der Waals surface area contributed by atoms with Crippen LogP contribution in [0.3, 0.4) is 0 Å². The minimum atomic E-state index is -0.267. The maximum absolute atomic E-state index is 6.01. The highest BCUT2D eigenvalue weighted by Crippen LogP contribution is 2.41. The average Bonchev–Trinajstić information content (AvgIpc) is 4.02. The Morgan fingerprint density at radius 2 is 1.16 bits per heavy atom. The van der Waals surface area contributed by atoms with Gasteiger partial charge in [-0.15, -0.1) is 0 Å². The molecule has 3 atom stereocenters. The summed E-state index contributed by atoms with van der Waals surface area (Å²) in [4.78, 5) is 0. The van der Waals surface area contributed by atoms with E-state index in [9.17, 15) is 0 Å². The van der Waals surface area contributed by atoms with Crippen molar-refractivity contribution in [2.45, 2.75) is 96.5 Å². The Morgan fingerprint density at radius 3 is 1.64 bits per heavy atom. The van der Waals surface area contributed by atoms with Crippen molar-refractivity contribution < 1.29 is 9.47 Å². The fourth-order valence-electron chi connectivity index (χ4n) is 6.54. The van der Waals surface area contributed by atoms with E-state index in [0.717, 1.165) is 50.1 Å². The van der Waals surface area contributed by atoms with Crippen LogP contribution in [0.1, 0.15) is 106 Å². The molecule has 1 saturated heterocycles. The van der Waals surface area contributed by atoms with Crippen LogP contribution in [0.25, 0.3) is 0 Å². The number of epoxide rings is 1. The standard InChI is InChI=1S/C43H52O2/c1-6-31(2)7-8-32-11-16-37(17-12-32)43(5,38-18-13-33(14-19-38)15-26-41-30-45-41)39-22-20-35(21-23-39)42(3,4)36-24-27-40(28-25-36)44-29-34-9-10-34/h11-14,16-25,27-28,31,34,41H,6-10,15,26,29-30H2,1-5H3. The molecular weight excluding hydrogens is 548 g/mol. The largest absolute Gasteiger partial charge is 0.493 e. The molecule has 1 saturated carbocycles. The third kappa shape index (κ3) is 7.55. The molecule has 4 aromatic carbocycles. The minimum Gasteiger partial charge on any atom is -0.493 e. The lowest BCUT2D eigenvalue weighted by Crippen LogP contribution is -2.26. The fraction of sp³-hybridized carbons (Fsp3) is 0.442. The monoisotopic (exact) mass is 600 g/mol. The first-order valence-corrected chi connectivity index (χ1v) is 17.4. The first-order valence-electron chi connectivity index (χ1n) is 17.4. The molecular formula is C43H52O2. The Bertz CT molecular complexity index is 1510.